The van der Waals surface area contributed by atoms with E-state index in [-0.39, 0.29) is 4.90 Å². The van der Waals surface area contributed by atoms with Gasteiger partial charge in [-0.25, -0.2) is 8.42 Å². The van der Waals surface area contributed by atoms with Gasteiger partial charge >= 0.3 is 0 Å². The summed E-state index contributed by atoms with van der Waals surface area (Å²) in [5.74, 6) is 1.40. The summed E-state index contributed by atoms with van der Waals surface area (Å²) >= 11 is 0. The Balaban J connectivity index is 1.43. The number of hydrogen-bond donors (Lipinski definition) is 0. The quantitative estimate of drug-likeness (QED) is 0.622. The van der Waals surface area contributed by atoms with Gasteiger partial charge in [0.05, 0.1) is 6.54 Å². The van der Waals surface area contributed by atoms with E-state index in [1.54, 1.807) is 13.8 Å². The smallest absolute Gasteiger partial charge is 0.257 e. The van der Waals surface area contributed by atoms with Crippen LogP contribution in [0.2, 0.25) is 0 Å². The Labute approximate surface area is 169 Å². The first-order valence-electron chi connectivity index (χ1n) is 9.48. The molecule has 1 fully saturated rings. The van der Waals surface area contributed by atoms with Crippen molar-refractivity contribution in [3.63, 3.8) is 0 Å². The highest BCUT2D eigenvalue weighted by atomic mass is 32.2. The van der Waals surface area contributed by atoms with Crippen LogP contribution in [-0.4, -0.2) is 59.1 Å². The third kappa shape index (κ3) is 4.09. The fourth-order valence-electron chi connectivity index (χ4n) is 3.53. The van der Waals surface area contributed by atoms with Crippen molar-refractivity contribution < 1.29 is 17.5 Å². The molecule has 4 rings (SSSR count). The zero-order valence-electron chi connectivity index (χ0n) is 16.4. The van der Waals surface area contributed by atoms with Crippen LogP contribution in [0.4, 0.5) is 0 Å². The van der Waals surface area contributed by atoms with Gasteiger partial charge in [-0.2, -0.15) is 9.29 Å². The van der Waals surface area contributed by atoms with Crippen LogP contribution in [0.5, 0.6) is 0 Å². The predicted octanol–water partition coefficient (Wildman–Crippen LogP) is 2.24. The molecule has 3 aromatic rings. The third-order valence-electron chi connectivity index (χ3n) is 4.97. The van der Waals surface area contributed by atoms with Gasteiger partial charge in [0.1, 0.15) is 10.6 Å². The first-order chi connectivity index (χ1) is 13.9. The minimum Gasteiger partial charge on any atom is -0.360 e. The lowest BCUT2D eigenvalue weighted by molar-refractivity contribution is 0.266. The van der Waals surface area contributed by atoms with Crippen molar-refractivity contribution in [1.82, 2.24) is 24.5 Å². The van der Waals surface area contributed by atoms with Gasteiger partial charge in [-0.05, 0) is 38.9 Å². The highest BCUT2D eigenvalue weighted by molar-refractivity contribution is 7.89. The summed E-state index contributed by atoms with van der Waals surface area (Å²) in [5, 5.41) is 7.85. The lowest BCUT2D eigenvalue weighted by Gasteiger charge is -2.20. The lowest BCUT2D eigenvalue weighted by atomic mass is 10.2. The van der Waals surface area contributed by atoms with Crippen LogP contribution in [-0.2, 0) is 16.6 Å². The Hall–Kier alpha value is -2.56. The number of aromatic nitrogens is 3. The maximum absolute atomic E-state index is 13.0. The maximum atomic E-state index is 13.0. The summed E-state index contributed by atoms with van der Waals surface area (Å²) in [6.45, 7) is 5.95. The largest absolute Gasteiger partial charge is 0.360 e. The number of benzene rings is 1. The van der Waals surface area contributed by atoms with Gasteiger partial charge in [0.2, 0.25) is 10.0 Å². The van der Waals surface area contributed by atoms with Crippen molar-refractivity contribution in [2.45, 2.75) is 31.7 Å². The van der Waals surface area contributed by atoms with Crippen LogP contribution in [0, 0.1) is 13.8 Å². The van der Waals surface area contributed by atoms with E-state index in [0.29, 0.717) is 55.8 Å². The Morgan fingerprint density at radius 3 is 2.52 bits per heavy atom. The summed E-state index contributed by atoms with van der Waals surface area (Å²) in [5.41, 5.74) is 1.27. The molecule has 0 atom stereocenters. The predicted molar refractivity (Wildman–Crippen MR) is 104 cm³/mol. The minimum absolute atomic E-state index is 0.177. The van der Waals surface area contributed by atoms with Crippen LogP contribution >= 0.6 is 0 Å². The van der Waals surface area contributed by atoms with E-state index < -0.39 is 10.0 Å². The number of hydrogen-bond acceptors (Lipinski definition) is 8. The fraction of sp³-hybridized carbons (Fsp3) is 0.421. The standard InChI is InChI=1S/C19H23N5O4S/c1-14-18(15(2)27-21-14)29(25,26)24-10-6-9-23(11-12-24)13-17-20-19(28-22-17)16-7-4-3-5-8-16/h3-5,7-8H,6,9-13H2,1-2H3. The molecule has 1 aliphatic rings. The van der Waals surface area contributed by atoms with E-state index in [1.165, 1.54) is 4.31 Å². The number of aryl methyl sites for hydroxylation is 2. The summed E-state index contributed by atoms with van der Waals surface area (Å²) < 4.78 is 38.0. The maximum Gasteiger partial charge on any atom is 0.257 e. The van der Waals surface area contributed by atoms with Crippen molar-refractivity contribution >= 4 is 10.0 Å². The molecule has 0 N–H and O–H groups in total. The second kappa shape index (κ2) is 8.05. The molecule has 1 aliphatic heterocycles. The van der Waals surface area contributed by atoms with Crippen molar-refractivity contribution in [3.8, 4) is 11.5 Å². The molecule has 154 valence electrons. The molecule has 0 aliphatic carbocycles. The van der Waals surface area contributed by atoms with E-state index in [9.17, 15) is 8.42 Å². The van der Waals surface area contributed by atoms with E-state index in [0.717, 1.165) is 12.1 Å². The molecule has 0 unspecified atom stereocenters. The SMILES string of the molecule is Cc1noc(C)c1S(=O)(=O)N1CCCN(Cc2noc(-c3ccccc3)n2)CC1. The summed E-state index contributed by atoms with van der Waals surface area (Å²) in [6.07, 6.45) is 0.714. The molecule has 0 saturated carbocycles. The van der Waals surface area contributed by atoms with Crippen LogP contribution in [0.3, 0.4) is 0 Å². The Morgan fingerprint density at radius 1 is 1.00 bits per heavy atom. The second-order valence-corrected chi connectivity index (χ2v) is 8.94. The lowest BCUT2D eigenvalue weighted by Crippen LogP contribution is -2.35. The minimum atomic E-state index is -3.63. The normalized spacial score (nSPS) is 16.8. The average molecular weight is 417 g/mol. The zero-order valence-corrected chi connectivity index (χ0v) is 17.2. The molecule has 9 nitrogen and oxygen atoms in total. The van der Waals surface area contributed by atoms with Gasteiger partial charge in [0, 0.05) is 25.2 Å². The highest BCUT2D eigenvalue weighted by Crippen LogP contribution is 2.24. The van der Waals surface area contributed by atoms with Crippen LogP contribution in [0.1, 0.15) is 23.7 Å². The van der Waals surface area contributed by atoms with Gasteiger partial charge < -0.3 is 9.05 Å². The Kier molecular flexibility index (Phi) is 5.48. The van der Waals surface area contributed by atoms with Crippen LogP contribution < -0.4 is 0 Å². The molecule has 0 radical (unpaired) electrons. The van der Waals surface area contributed by atoms with Crippen LogP contribution in [0.25, 0.3) is 11.5 Å². The van der Waals surface area contributed by atoms with Crippen molar-refractivity contribution in [3.05, 3.63) is 47.6 Å². The summed E-state index contributed by atoms with van der Waals surface area (Å²) in [7, 11) is -3.63. The summed E-state index contributed by atoms with van der Waals surface area (Å²) in [6, 6.07) is 9.60. The highest BCUT2D eigenvalue weighted by Gasteiger charge is 2.32. The van der Waals surface area contributed by atoms with Gasteiger partial charge in [0.15, 0.2) is 11.6 Å². The van der Waals surface area contributed by atoms with E-state index >= 15 is 0 Å². The molecule has 0 spiro atoms. The first-order valence-corrected chi connectivity index (χ1v) is 10.9. The molecule has 0 amide bonds. The van der Waals surface area contributed by atoms with E-state index in [1.807, 2.05) is 30.3 Å². The molecule has 0 bridgehead atoms. The Bertz CT molecular complexity index is 1060. The van der Waals surface area contributed by atoms with Crippen molar-refractivity contribution in [1.29, 1.82) is 0 Å². The topological polar surface area (TPSA) is 106 Å². The zero-order chi connectivity index (χ0) is 20.4. The number of nitrogens with zero attached hydrogens (tertiary/aromatic N) is 5. The molecule has 29 heavy (non-hydrogen) atoms. The third-order valence-corrected chi connectivity index (χ3v) is 7.11. The number of rotatable bonds is 5. The molecule has 2 aromatic heterocycles. The molecule has 1 saturated heterocycles. The molecular formula is C19H23N5O4S. The Morgan fingerprint density at radius 2 is 1.79 bits per heavy atom. The molecular weight excluding hydrogens is 394 g/mol. The van der Waals surface area contributed by atoms with Crippen molar-refractivity contribution in [2.75, 3.05) is 26.2 Å². The van der Waals surface area contributed by atoms with Gasteiger partial charge in [-0.3, -0.25) is 4.90 Å². The van der Waals surface area contributed by atoms with Crippen LogP contribution in [0.15, 0.2) is 44.3 Å². The van der Waals surface area contributed by atoms with E-state index in [2.05, 4.69) is 20.2 Å². The first kappa shape index (κ1) is 19.7. The van der Waals surface area contributed by atoms with Gasteiger partial charge in [0.25, 0.3) is 5.89 Å². The fourth-order valence-corrected chi connectivity index (χ4v) is 5.29. The summed E-state index contributed by atoms with van der Waals surface area (Å²) in [4.78, 5) is 6.78. The molecule has 10 heteroatoms. The van der Waals surface area contributed by atoms with Gasteiger partial charge in [-0.15, -0.1) is 0 Å². The average Bonchev–Trinajstić information content (AvgIpc) is 3.22. The monoisotopic (exact) mass is 417 g/mol. The second-order valence-electron chi connectivity index (χ2n) is 7.07. The van der Waals surface area contributed by atoms with Gasteiger partial charge in [-0.1, -0.05) is 28.5 Å². The molecule has 1 aromatic carbocycles. The van der Waals surface area contributed by atoms with E-state index in [4.69, 9.17) is 9.05 Å². The van der Waals surface area contributed by atoms with Crippen molar-refractivity contribution in [2.24, 2.45) is 0 Å². The number of sulfonamides is 1. The molecule has 3 heterocycles.